The third-order valence-electron chi connectivity index (χ3n) is 2.91. The lowest BCUT2D eigenvalue weighted by atomic mass is 9.93. The number of aliphatic hydroxyl groups is 1. The Morgan fingerprint density at radius 1 is 1.39 bits per heavy atom. The first-order valence-electron chi connectivity index (χ1n) is 5.66. The van der Waals surface area contributed by atoms with Crippen LogP contribution in [0.3, 0.4) is 0 Å². The van der Waals surface area contributed by atoms with Crippen molar-refractivity contribution in [3.05, 3.63) is 54.1 Å². The van der Waals surface area contributed by atoms with Crippen molar-refractivity contribution in [2.45, 2.75) is 25.5 Å². The van der Waals surface area contributed by atoms with Gasteiger partial charge in [-0.1, -0.05) is 6.07 Å². The molecule has 1 aromatic heterocycles. The van der Waals surface area contributed by atoms with Crippen LogP contribution in [0, 0.1) is 11.6 Å². The maximum atomic E-state index is 13.7. The van der Waals surface area contributed by atoms with Gasteiger partial charge in [0.05, 0.1) is 12.4 Å². The lowest BCUT2D eigenvalue weighted by Gasteiger charge is -2.21. The molecule has 0 aliphatic rings. The van der Waals surface area contributed by atoms with Crippen molar-refractivity contribution in [2.75, 3.05) is 0 Å². The largest absolute Gasteiger partial charge is 0.393 e. The second-order valence-corrected chi connectivity index (χ2v) is 4.27. The molecule has 2 aromatic rings. The minimum absolute atomic E-state index is 0.306. The van der Waals surface area contributed by atoms with E-state index >= 15 is 0 Å². The minimum Gasteiger partial charge on any atom is -0.393 e. The van der Waals surface area contributed by atoms with Crippen molar-refractivity contribution in [1.29, 1.82) is 0 Å². The molecule has 2 rings (SSSR count). The average Bonchev–Trinajstić information content (AvgIpc) is 2.79. The van der Waals surface area contributed by atoms with E-state index in [1.807, 2.05) is 0 Å². The van der Waals surface area contributed by atoms with Gasteiger partial charge >= 0.3 is 0 Å². The molecule has 96 valence electrons. The van der Waals surface area contributed by atoms with Crippen LogP contribution < -0.4 is 0 Å². The summed E-state index contributed by atoms with van der Waals surface area (Å²) >= 11 is 0. The summed E-state index contributed by atoms with van der Waals surface area (Å²) in [5.74, 6) is -1.70. The van der Waals surface area contributed by atoms with Crippen LogP contribution in [0.25, 0.3) is 0 Å². The molecule has 0 amide bonds. The SMILES string of the molecule is CC(O)C(Cn1ccnc1)c1ccc(F)cc1F. The Labute approximate surface area is 104 Å². The summed E-state index contributed by atoms with van der Waals surface area (Å²) in [4.78, 5) is 3.89. The van der Waals surface area contributed by atoms with Crippen LogP contribution in [-0.4, -0.2) is 20.8 Å². The van der Waals surface area contributed by atoms with E-state index in [1.54, 1.807) is 30.2 Å². The summed E-state index contributed by atoms with van der Waals surface area (Å²) in [5.41, 5.74) is 0.306. The predicted octanol–water partition coefficient (Wildman–Crippen LogP) is 2.33. The van der Waals surface area contributed by atoms with Gasteiger partial charge in [0, 0.05) is 30.9 Å². The second kappa shape index (κ2) is 5.27. The van der Waals surface area contributed by atoms with E-state index in [0.717, 1.165) is 6.07 Å². The van der Waals surface area contributed by atoms with Crippen molar-refractivity contribution in [3.8, 4) is 0 Å². The van der Waals surface area contributed by atoms with Gasteiger partial charge in [-0.2, -0.15) is 0 Å². The Morgan fingerprint density at radius 2 is 2.17 bits per heavy atom. The molecule has 2 atom stereocenters. The highest BCUT2D eigenvalue weighted by Crippen LogP contribution is 2.25. The van der Waals surface area contributed by atoms with Gasteiger partial charge in [-0.3, -0.25) is 0 Å². The van der Waals surface area contributed by atoms with Crippen molar-refractivity contribution >= 4 is 0 Å². The fourth-order valence-electron chi connectivity index (χ4n) is 1.93. The maximum absolute atomic E-state index is 13.7. The Hall–Kier alpha value is -1.75. The van der Waals surface area contributed by atoms with Gasteiger partial charge in [0.15, 0.2) is 0 Å². The molecule has 0 spiro atoms. The quantitative estimate of drug-likeness (QED) is 0.906. The third kappa shape index (κ3) is 2.73. The number of benzene rings is 1. The summed E-state index contributed by atoms with van der Waals surface area (Å²) in [7, 11) is 0. The first-order valence-corrected chi connectivity index (χ1v) is 5.66. The molecule has 0 saturated heterocycles. The lowest BCUT2D eigenvalue weighted by Crippen LogP contribution is -2.21. The molecule has 5 heteroatoms. The molecule has 3 nitrogen and oxygen atoms in total. The molecule has 1 N–H and O–H groups in total. The number of aliphatic hydroxyl groups excluding tert-OH is 1. The van der Waals surface area contributed by atoms with Gasteiger partial charge < -0.3 is 9.67 Å². The normalized spacial score (nSPS) is 14.4. The van der Waals surface area contributed by atoms with E-state index in [9.17, 15) is 13.9 Å². The van der Waals surface area contributed by atoms with Crippen LogP contribution in [0.15, 0.2) is 36.9 Å². The number of rotatable bonds is 4. The Balaban J connectivity index is 2.29. The number of hydrogen-bond donors (Lipinski definition) is 1. The second-order valence-electron chi connectivity index (χ2n) is 4.27. The van der Waals surface area contributed by atoms with Crippen LogP contribution >= 0.6 is 0 Å². The highest BCUT2D eigenvalue weighted by molar-refractivity contribution is 5.23. The molecular weight excluding hydrogens is 238 g/mol. The lowest BCUT2D eigenvalue weighted by molar-refractivity contribution is 0.151. The molecule has 2 unspecified atom stereocenters. The van der Waals surface area contributed by atoms with Gasteiger partial charge in [-0.15, -0.1) is 0 Å². The van der Waals surface area contributed by atoms with E-state index < -0.39 is 23.7 Å². The molecule has 0 aliphatic heterocycles. The summed E-state index contributed by atoms with van der Waals surface area (Å²) < 4.78 is 28.3. The fourth-order valence-corrected chi connectivity index (χ4v) is 1.93. The van der Waals surface area contributed by atoms with Crippen LogP contribution in [0.1, 0.15) is 18.4 Å². The molecule has 0 aliphatic carbocycles. The molecule has 0 bridgehead atoms. The highest BCUT2D eigenvalue weighted by Gasteiger charge is 2.21. The first-order chi connectivity index (χ1) is 8.58. The van der Waals surface area contributed by atoms with E-state index in [4.69, 9.17) is 0 Å². The fraction of sp³-hybridized carbons (Fsp3) is 0.308. The van der Waals surface area contributed by atoms with Crippen molar-refractivity contribution in [1.82, 2.24) is 9.55 Å². The van der Waals surface area contributed by atoms with Crippen LogP contribution in [0.5, 0.6) is 0 Å². The molecule has 0 radical (unpaired) electrons. The maximum Gasteiger partial charge on any atom is 0.129 e. The molecule has 0 saturated carbocycles. The summed E-state index contributed by atoms with van der Waals surface area (Å²) in [6.45, 7) is 1.98. The third-order valence-corrected chi connectivity index (χ3v) is 2.91. The van der Waals surface area contributed by atoms with E-state index in [0.29, 0.717) is 12.1 Å². The van der Waals surface area contributed by atoms with Gasteiger partial charge in [0.2, 0.25) is 0 Å². The molecule has 1 heterocycles. The van der Waals surface area contributed by atoms with Crippen molar-refractivity contribution in [3.63, 3.8) is 0 Å². The molecule has 1 aromatic carbocycles. The molecule has 18 heavy (non-hydrogen) atoms. The monoisotopic (exact) mass is 252 g/mol. The Bertz CT molecular complexity index is 512. The summed E-state index contributed by atoms with van der Waals surface area (Å²) in [6, 6.07) is 3.40. The van der Waals surface area contributed by atoms with Crippen molar-refractivity contribution in [2.24, 2.45) is 0 Å². The smallest absolute Gasteiger partial charge is 0.129 e. The summed E-state index contributed by atoms with van der Waals surface area (Å²) in [6.07, 6.45) is 4.20. The van der Waals surface area contributed by atoms with E-state index in [-0.39, 0.29) is 0 Å². The zero-order valence-corrected chi connectivity index (χ0v) is 9.92. The minimum atomic E-state index is -0.743. The number of aromatic nitrogens is 2. The van der Waals surface area contributed by atoms with E-state index in [1.165, 1.54) is 12.1 Å². The Morgan fingerprint density at radius 3 is 2.72 bits per heavy atom. The first kappa shape index (κ1) is 12.7. The molecular formula is C13H14F2N2O. The van der Waals surface area contributed by atoms with Crippen LogP contribution in [-0.2, 0) is 6.54 Å². The Kier molecular flexibility index (Phi) is 3.72. The number of imidazole rings is 1. The number of nitrogens with zero attached hydrogens (tertiary/aromatic N) is 2. The zero-order chi connectivity index (χ0) is 13.1. The standard InChI is InChI=1S/C13H14F2N2O/c1-9(18)12(7-17-5-4-16-8-17)11-3-2-10(14)6-13(11)15/h2-6,8-9,12,18H,7H2,1H3. The average molecular weight is 252 g/mol. The number of halogens is 2. The highest BCUT2D eigenvalue weighted by atomic mass is 19.1. The van der Waals surface area contributed by atoms with Gasteiger partial charge in [-0.05, 0) is 18.6 Å². The van der Waals surface area contributed by atoms with E-state index in [2.05, 4.69) is 4.98 Å². The molecule has 0 fully saturated rings. The number of hydrogen-bond acceptors (Lipinski definition) is 2. The summed E-state index contributed by atoms with van der Waals surface area (Å²) in [5, 5.41) is 9.76. The van der Waals surface area contributed by atoms with Gasteiger partial charge in [-0.25, -0.2) is 13.8 Å². The van der Waals surface area contributed by atoms with Gasteiger partial charge in [0.1, 0.15) is 11.6 Å². The predicted molar refractivity (Wildman–Crippen MR) is 63.0 cm³/mol. The van der Waals surface area contributed by atoms with Crippen LogP contribution in [0.4, 0.5) is 8.78 Å². The van der Waals surface area contributed by atoms with Crippen molar-refractivity contribution < 1.29 is 13.9 Å². The van der Waals surface area contributed by atoms with Crippen LogP contribution in [0.2, 0.25) is 0 Å². The topological polar surface area (TPSA) is 38.0 Å². The zero-order valence-electron chi connectivity index (χ0n) is 9.92. The van der Waals surface area contributed by atoms with Gasteiger partial charge in [0.25, 0.3) is 0 Å².